The molecule has 8 nitrogen and oxygen atoms in total. The Morgan fingerprint density at radius 1 is 1.00 bits per heavy atom. The Balaban J connectivity index is 0.00000210. The Morgan fingerprint density at radius 2 is 1.74 bits per heavy atom. The number of methoxy groups -OCH3 is 1. The van der Waals surface area contributed by atoms with Crippen LogP contribution in [-0.2, 0) is 4.74 Å². The van der Waals surface area contributed by atoms with Gasteiger partial charge in [-0.05, 0) is 51.2 Å². The molecule has 5 rings (SSSR count). The van der Waals surface area contributed by atoms with E-state index in [-0.39, 0.29) is 48.0 Å². The quantitative estimate of drug-likeness (QED) is 0.376. The number of nitrogens with one attached hydrogen (secondary N) is 3. The van der Waals surface area contributed by atoms with Crippen LogP contribution in [0.4, 0.5) is 5.82 Å². The van der Waals surface area contributed by atoms with E-state index in [4.69, 9.17) is 9.72 Å². The average molecular weight is 580 g/mol. The van der Waals surface area contributed by atoms with E-state index in [0.29, 0.717) is 19.2 Å². The van der Waals surface area contributed by atoms with Crippen LogP contribution < -0.4 is 16.0 Å². The van der Waals surface area contributed by atoms with Gasteiger partial charge in [0, 0.05) is 49.5 Å². The highest BCUT2D eigenvalue weighted by Crippen LogP contribution is 2.36. The molecule has 3 N–H and O–H groups in total. The van der Waals surface area contributed by atoms with Gasteiger partial charge in [-0.1, -0.05) is 43.7 Å². The fourth-order valence-electron chi connectivity index (χ4n) is 6.30. The number of fused-ring (bicyclic) bond motifs is 1. The SMILES string of the molecule is COCC1(CNC(=O)c2nc(N[C@H]3CCCC[C@H]3NC3=NCCC3)c3cc(C)ccc3n2)CCCCC1.Cl.Cl. The molecule has 2 atom stereocenters. The number of anilines is 1. The van der Waals surface area contributed by atoms with Crippen LogP contribution in [0.15, 0.2) is 23.2 Å². The molecule has 10 heteroatoms. The number of carbonyl (C=O) groups excluding carboxylic acids is 1. The number of rotatable bonds is 8. The van der Waals surface area contributed by atoms with E-state index in [1.165, 1.54) is 32.1 Å². The number of hydrogen-bond donors (Lipinski definition) is 3. The topological polar surface area (TPSA) is 101 Å². The molecule has 2 fully saturated rings. The van der Waals surface area contributed by atoms with Crippen molar-refractivity contribution in [2.75, 3.05) is 32.1 Å². The molecule has 0 spiro atoms. The zero-order valence-corrected chi connectivity index (χ0v) is 24.9. The Morgan fingerprint density at radius 3 is 2.44 bits per heavy atom. The maximum Gasteiger partial charge on any atom is 0.289 e. The zero-order valence-electron chi connectivity index (χ0n) is 23.3. The number of benzene rings is 1. The largest absolute Gasteiger partial charge is 0.384 e. The van der Waals surface area contributed by atoms with Gasteiger partial charge in [0.1, 0.15) is 5.82 Å². The molecule has 2 heterocycles. The Hall–Kier alpha value is -2.16. The van der Waals surface area contributed by atoms with Gasteiger partial charge in [0.2, 0.25) is 5.82 Å². The Labute approximate surface area is 244 Å². The first-order valence-electron chi connectivity index (χ1n) is 14.2. The number of aliphatic imine (C=N–C) groups is 1. The van der Waals surface area contributed by atoms with E-state index in [1.54, 1.807) is 7.11 Å². The lowest BCUT2D eigenvalue weighted by Crippen LogP contribution is -2.48. The molecule has 2 aliphatic carbocycles. The third kappa shape index (κ3) is 7.74. The van der Waals surface area contributed by atoms with Gasteiger partial charge in [-0.25, -0.2) is 9.97 Å². The fraction of sp³-hybridized carbons (Fsp3) is 0.655. The molecule has 1 aliphatic heterocycles. The van der Waals surface area contributed by atoms with Gasteiger partial charge in [0.05, 0.1) is 18.0 Å². The van der Waals surface area contributed by atoms with E-state index in [1.807, 2.05) is 12.1 Å². The van der Waals surface area contributed by atoms with Crippen molar-refractivity contribution in [3.05, 3.63) is 29.6 Å². The number of nitrogens with zero attached hydrogens (tertiary/aromatic N) is 3. The summed E-state index contributed by atoms with van der Waals surface area (Å²) in [6, 6.07) is 6.67. The van der Waals surface area contributed by atoms with E-state index in [2.05, 4.69) is 38.9 Å². The highest BCUT2D eigenvalue weighted by Gasteiger charge is 2.33. The summed E-state index contributed by atoms with van der Waals surface area (Å²) in [4.78, 5) is 27.5. The van der Waals surface area contributed by atoms with Gasteiger partial charge in [-0.2, -0.15) is 0 Å². The standard InChI is InChI=1S/C29H42N6O2.2ClH/c1-20-12-13-22-21(17-20)26(34-24-10-5-4-9-23(24)32-25-11-8-16-30-25)35-27(33-22)28(36)31-18-29(19-37-2)14-6-3-7-15-29;;/h12-13,17,23-24H,3-11,14-16,18-19H2,1-2H3,(H,30,32)(H,31,36)(H,33,34,35);2*1H/t23-,24+;;/m1../s1. The predicted octanol–water partition coefficient (Wildman–Crippen LogP) is 5.61. The summed E-state index contributed by atoms with van der Waals surface area (Å²) in [5.74, 6) is 1.89. The van der Waals surface area contributed by atoms with Gasteiger partial charge in [0.15, 0.2) is 0 Å². The molecule has 2 aromatic rings. The van der Waals surface area contributed by atoms with Crippen molar-refractivity contribution in [2.24, 2.45) is 10.4 Å². The molecule has 0 radical (unpaired) electrons. The number of carbonyl (C=O) groups is 1. The van der Waals surface area contributed by atoms with Gasteiger partial charge < -0.3 is 20.7 Å². The molecule has 0 bridgehead atoms. The molecule has 0 saturated heterocycles. The number of amides is 1. The number of halogens is 2. The lowest BCUT2D eigenvalue weighted by molar-refractivity contribution is 0.0463. The summed E-state index contributed by atoms with van der Waals surface area (Å²) < 4.78 is 5.55. The van der Waals surface area contributed by atoms with E-state index >= 15 is 0 Å². The molecular formula is C29H44Cl2N6O2. The highest BCUT2D eigenvalue weighted by molar-refractivity contribution is 5.96. The molecule has 1 aromatic carbocycles. The minimum absolute atomic E-state index is 0. The third-order valence-corrected chi connectivity index (χ3v) is 8.36. The molecular weight excluding hydrogens is 535 g/mol. The van der Waals surface area contributed by atoms with Gasteiger partial charge in [-0.15, -0.1) is 24.8 Å². The number of hydrogen-bond acceptors (Lipinski definition) is 7. The van der Waals surface area contributed by atoms with Crippen molar-refractivity contribution in [3.63, 3.8) is 0 Å². The Kier molecular flexibility index (Phi) is 11.6. The first-order valence-corrected chi connectivity index (χ1v) is 14.2. The number of amidine groups is 1. The molecule has 0 unspecified atom stereocenters. The highest BCUT2D eigenvalue weighted by atomic mass is 35.5. The van der Waals surface area contributed by atoms with E-state index in [0.717, 1.165) is 73.2 Å². The van der Waals surface area contributed by atoms with Crippen molar-refractivity contribution in [2.45, 2.75) is 89.6 Å². The summed E-state index contributed by atoms with van der Waals surface area (Å²) in [6.45, 7) is 4.26. The number of aromatic nitrogens is 2. The molecule has 39 heavy (non-hydrogen) atoms. The average Bonchev–Trinajstić information content (AvgIpc) is 3.42. The second-order valence-corrected chi connectivity index (χ2v) is 11.3. The minimum Gasteiger partial charge on any atom is -0.384 e. The Bertz CT molecular complexity index is 1130. The maximum absolute atomic E-state index is 13.4. The predicted molar refractivity (Wildman–Crippen MR) is 163 cm³/mol. The van der Waals surface area contributed by atoms with Crippen LogP contribution in [0.2, 0.25) is 0 Å². The second-order valence-electron chi connectivity index (χ2n) is 11.3. The summed E-state index contributed by atoms with van der Waals surface area (Å²) in [5.41, 5.74) is 1.94. The summed E-state index contributed by atoms with van der Waals surface area (Å²) in [7, 11) is 1.75. The maximum atomic E-state index is 13.4. The first-order chi connectivity index (χ1) is 18.0. The fourth-order valence-corrected chi connectivity index (χ4v) is 6.30. The zero-order chi connectivity index (χ0) is 25.7. The summed E-state index contributed by atoms with van der Waals surface area (Å²) in [6.07, 6.45) is 12.5. The lowest BCUT2D eigenvalue weighted by Gasteiger charge is -2.36. The van der Waals surface area contributed by atoms with Crippen molar-refractivity contribution < 1.29 is 9.53 Å². The van der Waals surface area contributed by atoms with E-state index in [9.17, 15) is 4.79 Å². The van der Waals surface area contributed by atoms with E-state index < -0.39 is 0 Å². The van der Waals surface area contributed by atoms with Crippen LogP contribution >= 0.6 is 24.8 Å². The smallest absolute Gasteiger partial charge is 0.289 e. The van der Waals surface area contributed by atoms with Crippen LogP contribution in [0.25, 0.3) is 10.9 Å². The number of ether oxygens (including phenoxy) is 1. The molecule has 2 saturated carbocycles. The lowest BCUT2D eigenvalue weighted by atomic mass is 9.74. The molecule has 1 amide bonds. The van der Waals surface area contributed by atoms with Crippen LogP contribution in [0.3, 0.4) is 0 Å². The normalized spacial score (nSPS) is 22.3. The van der Waals surface area contributed by atoms with Crippen LogP contribution in [0, 0.1) is 12.3 Å². The van der Waals surface area contributed by atoms with Crippen LogP contribution in [-0.4, -0.2) is 60.6 Å². The van der Waals surface area contributed by atoms with Crippen molar-refractivity contribution in [1.29, 1.82) is 0 Å². The third-order valence-electron chi connectivity index (χ3n) is 8.36. The number of aryl methyl sites for hydroxylation is 1. The van der Waals surface area contributed by atoms with Crippen molar-refractivity contribution >= 4 is 53.3 Å². The summed E-state index contributed by atoms with van der Waals surface area (Å²) >= 11 is 0. The molecule has 1 aromatic heterocycles. The van der Waals surface area contributed by atoms with Gasteiger partial charge >= 0.3 is 0 Å². The molecule has 216 valence electrons. The van der Waals surface area contributed by atoms with Gasteiger partial charge in [-0.3, -0.25) is 9.79 Å². The van der Waals surface area contributed by atoms with Crippen molar-refractivity contribution in [1.82, 2.24) is 20.6 Å². The van der Waals surface area contributed by atoms with Gasteiger partial charge in [0.25, 0.3) is 5.91 Å². The minimum atomic E-state index is -0.217. The monoisotopic (exact) mass is 578 g/mol. The summed E-state index contributed by atoms with van der Waals surface area (Å²) in [5, 5.41) is 11.6. The molecule has 3 aliphatic rings. The second kappa shape index (κ2) is 14.5. The van der Waals surface area contributed by atoms with Crippen LogP contribution in [0.1, 0.15) is 86.8 Å². The first kappa shape index (κ1) is 31.4. The van der Waals surface area contributed by atoms with Crippen molar-refractivity contribution in [3.8, 4) is 0 Å². The van der Waals surface area contributed by atoms with Crippen LogP contribution in [0.5, 0.6) is 0 Å².